The van der Waals surface area contributed by atoms with E-state index in [2.05, 4.69) is 0 Å². The van der Waals surface area contributed by atoms with Gasteiger partial charge in [-0.3, -0.25) is 4.79 Å². The Morgan fingerprint density at radius 1 is 1.05 bits per heavy atom. The summed E-state index contributed by atoms with van der Waals surface area (Å²) in [5.41, 5.74) is 2.41. The highest BCUT2D eigenvalue weighted by Crippen LogP contribution is 2.17. The molecule has 0 N–H and O–H groups in total. The van der Waals surface area contributed by atoms with Gasteiger partial charge in [-0.2, -0.15) is 0 Å². The molecular formula is C16H14F2O2. The standard InChI is InChI=1S/C16H14F2O2/c1-10-3-4-11(2)13(7-10)16(19)9-20-12-5-6-14(17)15(18)8-12/h3-8H,9H2,1-2H3. The molecule has 0 radical (unpaired) electrons. The Labute approximate surface area is 116 Å². The molecule has 0 unspecified atom stereocenters. The van der Waals surface area contributed by atoms with E-state index in [0.717, 1.165) is 23.3 Å². The highest BCUT2D eigenvalue weighted by atomic mass is 19.2. The number of hydrogen-bond acceptors (Lipinski definition) is 2. The van der Waals surface area contributed by atoms with E-state index in [1.807, 2.05) is 26.0 Å². The van der Waals surface area contributed by atoms with Gasteiger partial charge in [0.05, 0.1) is 0 Å². The summed E-state index contributed by atoms with van der Waals surface area (Å²) in [6.45, 7) is 3.52. The van der Waals surface area contributed by atoms with Crippen molar-refractivity contribution in [1.29, 1.82) is 0 Å². The summed E-state index contributed by atoms with van der Waals surface area (Å²) >= 11 is 0. The van der Waals surface area contributed by atoms with Gasteiger partial charge in [0.15, 0.2) is 24.0 Å². The lowest BCUT2D eigenvalue weighted by Crippen LogP contribution is -2.13. The van der Waals surface area contributed by atoms with Crippen molar-refractivity contribution >= 4 is 5.78 Å². The van der Waals surface area contributed by atoms with Crippen LogP contribution >= 0.6 is 0 Å². The summed E-state index contributed by atoms with van der Waals surface area (Å²) in [7, 11) is 0. The summed E-state index contributed by atoms with van der Waals surface area (Å²) in [4.78, 5) is 12.1. The number of halogens is 2. The Morgan fingerprint density at radius 2 is 1.80 bits per heavy atom. The van der Waals surface area contributed by atoms with Crippen molar-refractivity contribution in [2.45, 2.75) is 13.8 Å². The molecule has 0 aromatic heterocycles. The quantitative estimate of drug-likeness (QED) is 0.793. The molecule has 0 bridgehead atoms. The first kappa shape index (κ1) is 14.2. The third-order valence-corrected chi connectivity index (χ3v) is 2.95. The van der Waals surface area contributed by atoms with Crippen LogP contribution in [-0.2, 0) is 0 Å². The molecular weight excluding hydrogens is 262 g/mol. The molecule has 0 aliphatic heterocycles. The highest BCUT2D eigenvalue weighted by Gasteiger charge is 2.11. The molecule has 0 heterocycles. The van der Waals surface area contributed by atoms with Crippen LogP contribution in [0, 0.1) is 25.5 Å². The molecule has 0 saturated carbocycles. The van der Waals surface area contributed by atoms with Crippen molar-refractivity contribution in [1.82, 2.24) is 0 Å². The summed E-state index contributed by atoms with van der Waals surface area (Å²) < 4.78 is 31.0. The van der Waals surface area contributed by atoms with Crippen LogP contribution in [-0.4, -0.2) is 12.4 Å². The van der Waals surface area contributed by atoms with E-state index >= 15 is 0 Å². The van der Waals surface area contributed by atoms with Gasteiger partial charge in [0.2, 0.25) is 0 Å². The number of rotatable bonds is 4. The summed E-state index contributed by atoms with van der Waals surface area (Å²) in [6.07, 6.45) is 0. The molecule has 104 valence electrons. The van der Waals surface area contributed by atoms with Crippen LogP contribution in [0.15, 0.2) is 36.4 Å². The third-order valence-electron chi connectivity index (χ3n) is 2.95. The minimum absolute atomic E-state index is 0.127. The molecule has 0 aliphatic rings. The highest BCUT2D eigenvalue weighted by molar-refractivity contribution is 5.98. The SMILES string of the molecule is Cc1ccc(C)c(C(=O)COc2ccc(F)c(F)c2)c1. The zero-order chi connectivity index (χ0) is 14.7. The zero-order valence-corrected chi connectivity index (χ0v) is 11.2. The van der Waals surface area contributed by atoms with Crippen molar-refractivity contribution in [2.24, 2.45) is 0 Å². The third kappa shape index (κ3) is 3.20. The van der Waals surface area contributed by atoms with Gasteiger partial charge < -0.3 is 4.74 Å². The van der Waals surface area contributed by atoms with Crippen molar-refractivity contribution in [3.05, 3.63) is 64.7 Å². The number of ether oxygens (including phenoxy) is 1. The molecule has 0 fully saturated rings. The average molecular weight is 276 g/mol. The van der Waals surface area contributed by atoms with Crippen LogP contribution in [0.3, 0.4) is 0 Å². The lowest BCUT2D eigenvalue weighted by Gasteiger charge is -2.08. The smallest absolute Gasteiger partial charge is 0.200 e. The Morgan fingerprint density at radius 3 is 2.50 bits per heavy atom. The van der Waals surface area contributed by atoms with E-state index in [4.69, 9.17) is 4.74 Å². The maximum Gasteiger partial charge on any atom is 0.200 e. The molecule has 4 heteroatoms. The minimum atomic E-state index is -0.998. The minimum Gasteiger partial charge on any atom is -0.485 e. The fourth-order valence-corrected chi connectivity index (χ4v) is 1.83. The lowest BCUT2D eigenvalue weighted by atomic mass is 10.0. The molecule has 20 heavy (non-hydrogen) atoms. The Bertz CT molecular complexity index is 651. The normalized spacial score (nSPS) is 10.4. The van der Waals surface area contributed by atoms with Crippen LogP contribution in [0.4, 0.5) is 8.78 Å². The lowest BCUT2D eigenvalue weighted by molar-refractivity contribution is 0.0920. The van der Waals surface area contributed by atoms with E-state index in [1.165, 1.54) is 6.07 Å². The first-order valence-corrected chi connectivity index (χ1v) is 6.15. The van der Waals surface area contributed by atoms with E-state index < -0.39 is 11.6 Å². The topological polar surface area (TPSA) is 26.3 Å². The van der Waals surface area contributed by atoms with Gasteiger partial charge in [-0.15, -0.1) is 0 Å². The number of carbonyl (C=O) groups is 1. The molecule has 0 saturated heterocycles. The second kappa shape index (κ2) is 5.82. The van der Waals surface area contributed by atoms with E-state index in [9.17, 15) is 13.6 Å². The number of ketones is 1. The number of hydrogen-bond donors (Lipinski definition) is 0. The second-order valence-corrected chi connectivity index (χ2v) is 4.61. The zero-order valence-electron chi connectivity index (χ0n) is 11.2. The van der Waals surface area contributed by atoms with Crippen molar-refractivity contribution in [2.75, 3.05) is 6.61 Å². The van der Waals surface area contributed by atoms with E-state index in [-0.39, 0.29) is 18.1 Å². The van der Waals surface area contributed by atoms with Crippen molar-refractivity contribution in [3.8, 4) is 5.75 Å². The number of aryl methyl sites for hydroxylation is 2. The molecule has 2 nitrogen and oxygen atoms in total. The first-order chi connectivity index (χ1) is 9.47. The van der Waals surface area contributed by atoms with Crippen LogP contribution in [0.25, 0.3) is 0 Å². The predicted octanol–water partition coefficient (Wildman–Crippen LogP) is 3.84. The van der Waals surface area contributed by atoms with E-state index in [1.54, 1.807) is 6.07 Å². The fraction of sp³-hybridized carbons (Fsp3) is 0.188. The van der Waals surface area contributed by atoms with Gasteiger partial charge in [0.1, 0.15) is 5.75 Å². The second-order valence-electron chi connectivity index (χ2n) is 4.61. The van der Waals surface area contributed by atoms with Crippen LogP contribution < -0.4 is 4.74 Å². The van der Waals surface area contributed by atoms with Gasteiger partial charge in [0.25, 0.3) is 0 Å². The molecule has 0 spiro atoms. The van der Waals surface area contributed by atoms with Gasteiger partial charge >= 0.3 is 0 Å². The molecule has 2 rings (SSSR count). The van der Waals surface area contributed by atoms with Gasteiger partial charge in [0, 0.05) is 11.6 Å². The van der Waals surface area contributed by atoms with Crippen LogP contribution in [0.1, 0.15) is 21.5 Å². The summed E-state index contributed by atoms with van der Waals surface area (Å²) in [5.74, 6) is -2.02. The molecule has 0 amide bonds. The Hall–Kier alpha value is -2.23. The maximum absolute atomic E-state index is 13.0. The molecule has 2 aromatic rings. The summed E-state index contributed by atoms with van der Waals surface area (Å²) in [5, 5.41) is 0. The van der Waals surface area contributed by atoms with Gasteiger partial charge in [-0.05, 0) is 37.6 Å². The number of Topliss-reactive ketones (excluding diaryl/α,β-unsaturated/α-hetero) is 1. The monoisotopic (exact) mass is 276 g/mol. The molecule has 2 aromatic carbocycles. The predicted molar refractivity (Wildman–Crippen MR) is 72.1 cm³/mol. The van der Waals surface area contributed by atoms with Crippen molar-refractivity contribution < 1.29 is 18.3 Å². The Kier molecular flexibility index (Phi) is 4.13. The van der Waals surface area contributed by atoms with E-state index in [0.29, 0.717) is 5.56 Å². The van der Waals surface area contributed by atoms with Crippen LogP contribution in [0.5, 0.6) is 5.75 Å². The number of benzene rings is 2. The molecule has 0 aliphatic carbocycles. The average Bonchev–Trinajstić information content (AvgIpc) is 2.42. The van der Waals surface area contributed by atoms with Gasteiger partial charge in [-0.1, -0.05) is 17.7 Å². The first-order valence-electron chi connectivity index (χ1n) is 6.15. The fourth-order valence-electron chi connectivity index (χ4n) is 1.83. The number of carbonyl (C=O) groups excluding carboxylic acids is 1. The largest absolute Gasteiger partial charge is 0.485 e. The summed E-state index contributed by atoms with van der Waals surface area (Å²) in [6, 6.07) is 8.74. The van der Waals surface area contributed by atoms with Gasteiger partial charge in [-0.25, -0.2) is 8.78 Å². The van der Waals surface area contributed by atoms with Crippen LogP contribution in [0.2, 0.25) is 0 Å². The van der Waals surface area contributed by atoms with Crippen molar-refractivity contribution in [3.63, 3.8) is 0 Å². The Balaban J connectivity index is 2.08. The molecule has 0 atom stereocenters. The maximum atomic E-state index is 13.0.